The molecule has 0 aliphatic heterocycles. The number of Topliss-reactive ketones (excluding diaryl/α,β-unsaturated/α-hetero) is 1. The summed E-state index contributed by atoms with van der Waals surface area (Å²) in [5, 5.41) is 3.25. The lowest BCUT2D eigenvalue weighted by molar-refractivity contribution is -0.689. The van der Waals surface area contributed by atoms with Crippen LogP contribution in [0.3, 0.4) is 0 Å². The van der Waals surface area contributed by atoms with E-state index in [1.54, 1.807) is 11.3 Å². The summed E-state index contributed by atoms with van der Waals surface area (Å²) in [5.74, 6) is 0.162. The van der Waals surface area contributed by atoms with Gasteiger partial charge in [0.05, 0.1) is 5.38 Å². The third kappa shape index (κ3) is 3.23. The minimum Gasteiger partial charge on any atom is -1.00 e. The van der Waals surface area contributed by atoms with Gasteiger partial charge in [0.25, 0.3) is 0 Å². The van der Waals surface area contributed by atoms with Crippen LogP contribution in [0.15, 0.2) is 35.7 Å². The number of hydrogen-bond acceptors (Lipinski definition) is 2. The molecule has 0 radical (unpaired) electrons. The first-order valence-corrected chi connectivity index (χ1v) is 6.09. The molecule has 17 heavy (non-hydrogen) atoms. The molecule has 0 unspecified atom stereocenters. The summed E-state index contributed by atoms with van der Waals surface area (Å²) >= 11 is 1.68. The third-order valence-corrected chi connectivity index (χ3v) is 3.62. The molecule has 0 saturated carbocycles. The van der Waals surface area contributed by atoms with E-state index in [1.165, 1.54) is 5.01 Å². The Balaban J connectivity index is 0.00000144. The van der Waals surface area contributed by atoms with Crippen LogP contribution in [0.4, 0.5) is 0 Å². The van der Waals surface area contributed by atoms with E-state index < -0.39 is 0 Å². The molecule has 0 aliphatic carbocycles. The SMILES string of the molecule is Cc1csc(C)[n+]1CC(=O)c1ccccc1.[Br-]. The molecular weight excluding hydrogens is 298 g/mol. The molecular formula is C13H14BrNOS. The van der Waals surface area contributed by atoms with Crippen LogP contribution in [-0.4, -0.2) is 5.78 Å². The highest BCUT2D eigenvalue weighted by atomic mass is 79.9. The summed E-state index contributed by atoms with van der Waals surface area (Å²) in [5.41, 5.74) is 1.92. The van der Waals surface area contributed by atoms with E-state index in [9.17, 15) is 4.79 Å². The first-order chi connectivity index (χ1) is 7.68. The maximum atomic E-state index is 12.0. The Kier molecular flexibility index (Phi) is 5.02. The topological polar surface area (TPSA) is 20.9 Å². The highest BCUT2D eigenvalue weighted by molar-refractivity contribution is 7.09. The van der Waals surface area contributed by atoms with E-state index in [0.717, 1.165) is 11.3 Å². The number of aryl methyl sites for hydroxylation is 2. The maximum Gasteiger partial charge on any atom is 0.234 e. The van der Waals surface area contributed by atoms with Crippen LogP contribution in [0.1, 0.15) is 21.1 Å². The molecule has 0 N–H and O–H groups in total. The smallest absolute Gasteiger partial charge is 0.234 e. The van der Waals surface area contributed by atoms with Gasteiger partial charge in [-0.05, 0) is 0 Å². The van der Waals surface area contributed by atoms with E-state index in [0.29, 0.717) is 6.54 Å². The molecule has 2 aromatic rings. The Morgan fingerprint density at radius 2 is 1.88 bits per heavy atom. The van der Waals surface area contributed by atoms with Crippen LogP contribution in [0, 0.1) is 13.8 Å². The van der Waals surface area contributed by atoms with Crippen LogP contribution in [-0.2, 0) is 6.54 Å². The van der Waals surface area contributed by atoms with Crippen molar-refractivity contribution in [1.82, 2.24) is 0 Å². The molecule has 2 nitrogen and oxygen atoms in total. The third-order valence-electron chi connectivity index (χ3n) is 2.60. The molecule has 1 aromatic heterocycles. The Bertz CT molecular complexity index is 488. The molecule has 0 atom stereocenters. The van der Waals surface area contributed by atoms with E-state index in [-0.39, 0.29) is 22.8 Å². The lowest BCUT2D eigenvalue weighted by Gasteiger charge is -1.98. The van der Waals surface area contributed by atoms with Gasteiger partial charge in [0.15, 0.2) is 5.69 Å². The number of carbonyl (C=O) groups excluding carboxylic acids is 1. The van der Waals surface area contributed by atoms with Crippen molar-refractivity contribution in [1.29, 1.82) is 0 Å². The first kappa shape index (κ1) is 14.1. The highest BCUT2D eigenvalue weighted by Crippen LogP contribution is 2.06. The van der Waals surface area contributed by atoms with E-state index >= 15 is 0 Å². The summed E-state index contributed by atoms with van der Waals surface area (Å²) in [6.07, 6.45) is 0. The van der Waals surface area contributed by atoms with Crippen LogP contribution < -0.4 is 21.5 Å². The average Bonchev–Trinajstić information content (AvgIpc) is 2.62. The van der Waals surface area contributed by atoms with Gasteiger partial charge in [-0.2, -0.15) is 4.57 Å². The predicted molar refractivity (Wildman–Crippen MR) is 64.8 cm³/mol. The lowest BCUT2D eigenvalue weighted by atomic mass is 10.1. The monoisotopic (exact) mass is 311 g/mol. The van der Waals surface area contributed by atoms with Crippen molar-refractivity contribution in [2.45, 2.75) is 20.4 Å². The number of rotatable bonds is 3. The second-order valence-corrected chi connectivity index (χ2v) is 4.83. The van der Waals surface area contributed by atoms with Crippen molar-refractivity contribution in [2.24, 2.45) is 0 Å². The zero-order chi connectivity index (χ0) is 11.5. The van der Waals surface area contributed by atoms with Gasteiger partial charge in [-0.25, -0.2) is 0 Å². The largest absolute Gasteiger partial charge is 1.00 e. The Morgan fingerprint density at radius 3 is 2.41 bits per heavy atom. The number of carbonyl (C=O) groups is 1. The minimum absolute atomic E-state index is 0. The van der Waals surface area contributed by atoms with Crippen LogP contribution >= 0.6 is 11.3 Å². The Morgan fingerprint density at radius 1 is 1.24 bits per heavy atom. The molecule has 0 amide bonds. The summed E-state index contributed by atoms with van der Waals surface area (Å²) in [7, 11) is 0. The predicted octanol–water partition coefficient (Wildman–Crippen LogP) is -0.461. The quantitative estimate of drug-likeness (QED) is 0.555. The zero-order valence-electron chi connectivity index (χ0n) is 9.81. The maximum absolute atomic E-state index is 12.0. The average molecular weight is 312 g/mol. The van der Waals surface area contributed by atoms with Crippen molar-refractivity contribution in [3.8, 4) is 0 Å². The molecule has 90 valence electrons. The fraction of sp³-hybridized carbons (Fsp3) is 0.231. The number of nitrogens with zero attached hydrogens (tertiary/aromatic N) is 1. The molecule has 0 bridgehead atoms. The molecule has 1 aromatic carbocycles. The van der Waals surface area contributed by atoms with Crippen LogP contribution in [0.5, 0.6) is 0 Å². The van der Waals surface area contributed by atoms with Crippen molar-refractivity contribution < 1.29 is 26.3 Å². The summed E-state index contributed by atoms with van der Waals surface area (Å²) in [6.45, 7) is 4.50. The fourth-order valence-corrected chi connectivity index (χ4v) is 2.45. The van der Waals surface area contributed by atoms with Gasteiger partial charge >= 0.3 is 0 Å². The fourth-order valence-electron chi connectivity index (χ4n) is 1.64. The second kappa shape index (κ2) is 6.07. The van der Waals surface area contributed by atoms with Gasteiger partial charge in [-0.1, -0.05) is 41.7 Å². The Hall–Kier alpha value is -1.000. The summed E-state index contributed by atoms with van der Waals surface area (Å²) < 4.78 is 2.06. The molecule has 0 saturated heterocycles. The van der Waals surface area contributed by atoms with Gasteiger partial charge in [-0.3, -0.25) is 4.79 Å². The first-order valence-electron chi connectivity index (χ1n) is 5.21. The molecule has 4 heteroatoms. The van der Waals surface area contributed by atoms with Crippen LogP contribution in [0.25, 0.3) is 0 Å². The second-order valence-electron chi connectivity index (χ2n) is 3.77. The van der Waals surface area contributed by atoms with E-state index in [1.807, 2.05) is 44.2 Å². The number of hydrogen-bond donors (Lipinski definition) is 0. The van der Waals surface area contributed by atoms with Gasteiger partial charge in [0.1, 0.15) is 0 Å². The van der Waals surface area contributed by atoms with Crippen molar-refractivity contribution in [2.75, 3.05) is 0 Å². The van der Waals surface area contributed by atoms with E-state index in [4.69, 9.17) is 0 Å². The summed E-state index contributed by atoms with van der Waals surface area (Å²) in [6, 6.07) is 9.43. The standard InChI is InChI=1S/C13H14NOS.BrH/c1-10-9-16-11(2)14(10)8-13(15)12-6-4-3-5-7-12;/h3-7,9H,8H2,1-2H3;1H/q+1;/p-1. The van der Waals surface area contributed by atoms with E-state index in [2.05, 4.69) is 9.95 Å². The molecule has 2 rings (SSSR count). The molecule has 0 spiro atoms. The highest BCUT2D eigenvalue weighted by Gasteiger charge is 2.18. The molecule has 0 fully saturated rings. The van der Waals surface area contributed by atoms with Crippen molar-refractivity contribution in [3.63, 3.8) is 0 Å². The summed E-state index contributed by atoms with van der Waals surface area (Å²) in [4.78, 5) is 12.0. The van der Waals surface area contributed by atoms with Crippen molar-refractivity contribution in [3.05, 3.63) is 52.0 Å². The zero-order valence-corrected chi connectivity index (χ0v) is 12.2. The van der Waals surface area contributed by atoms with Gasteiger partial charge in [0, 0.05) is 19.4 Å². The molecule has 0 aliphatic rings. The number of ketones is 1. The van der Waals surface area contributed by atoms with Gasteiger partial charge in [-0.15, -0.1) is 0 Å². The van der Waals surface area contributed by atoms with Gasteiger partial charge < -0.3 is 17.0 Å². The van der Waals surface area contributed by atoms with Crippen LogP contribution in [0.2, 0.25) is 0 Å². The normalized spacial score (nSPS) is 9.76. The Labute approximate surface area is 116 Å². The number of benzene rings is 1. The lowest BCUT2D eigenvalue weighted by Crippen LogP contribution is -3.00. The van der Waals surface area contributed by atoms with Crippen molar-refractivity contribution >= 4 is 17.1 Å². The number of halogens is 1. The number of aromatic nitrogens is 1. The molecule has 1 heterocycles. The number of thiazole rings is 1. The minimum atomic E-state index is 0. The van der Waals surface area contributed by atoms with Gasteiger partial charge in [0.2, 0.25) is 17.3 Å².